The predicted molar refractivity (Wildman–Crippen MR) is 78.6 cm³/mol. The predicted octanol–water partition coefficient (Wildman–Crippen LogP) is 0.187. The lowest BCUT2D eigenvalue weighted by atomic mass is 10.2. The van der Waals surface area contributed by atoms with Gasteiger partial charge >= 0.3 is 0 Å². The lowest BCUT2D eigenvalue weighted by Gasteiger charge is -2.32. The fraction of sp³-hybridized carbons (Fsp3) is 0.333. The Bertz CT molecular complexity index is 615. The van der Waals surface area contributed by atoms with E-state index < -0.39 is 5.91 Å². The zero-order valence-electron chi connectivity index (χ0n) is 12.0. The first kappa shape index (κ1) is 15.5. The molecule has 7 heteroatoms. The van der Waals surface area contributed by atoms with Crippen molar-refractivity contribution in [2.45, 2.75) is 6.42 Å². The molecule has 1 saturated heterocycles. The van der Waals surface area contributed by atoms with Gasteiger partial charge in [0.1, 0.15) is 6.42 Å². The number of amides is 3. The highest BCUT2D eigenvalue weighted by molar-refractivity contribution is 6.03. The van der Waals surface area contributed by atoms with Gasteiger partial charge in [-0.05, 0) is 18.2 Å². The number of nitrogens with one attached hydrogen (secondary N) is 1. The number of carbonyl (C=O) groups excluding carboxylic acids is 3. The lowest BCUT2D eigenvalue weighted by molar-refractivity contribution is -0.137. The molecule has 1 fully saturated rings. The molecule has 7 nitrogen and oxygen atoms in total. The second-order valence-electron chi connectivity index (χ2n) is 4.94. The van der Waals surface area contributed by atoms with Crippen LogP contribution in [-0.4, -0.2) is 54.2 Å². The SMILES string of the molecule is N#Cc1cccc(NC(=O)CC(=O)N2CCN(C=O)CC2)c1. The fourth-order valence-corrected chi connectivity index (χ4v) is 2.20. The maximum Gasteiger partial charge on any atom is 0.233 e. The molecular formula is C15H16N4O3. The third-order valence-electron chi connectivity index (χ3n) is 3.40. The number of hydrogen-bond donors (Lipinski definition) is 1. The van der Waals surface area contributed by atoms with Crippen molar-refractivity contribution in [3.8, 4) is 6.07 Å². The maximum atomic E-state index is 12.0. The van der Waals surface area contributed by atoms with Crippen molar-refractivity contribution in [2.24, 2.45) is 0 Å². The largest absolute Gasteiger partial charge is 0.342 e. The van der Waals surface area contributed by atoms with E-state index in [0.29, 0.717) is 37.4 Å². The van der Waals surface area contributed by atoms with E-state index in [1.54, 1.807) is 34.1 Å². The van der Waals surface area contributed by atoms with E-state index in [1.807, 2.05) is 6.07 Å². The highest BCUT2D eigenvalue weighted by Crippen LogP contribution is 2.10. The maximum absolute atomic E-state index is 12.0. The van der Waals surface area contributed by atoms with Crippen LogP contribution in [-0.2, 0) is 14.4 Å². The standard InChI is InChI=1S/C15H16N4O3/c16-10-12-2-1-3-13(8-12)17-14(21)9-15(22)19-6-4-18(11-20)5-7-19/h1-3,8,11H,4-7,9H2,(H,17,21). The van der Waals surface area contributed by atoms with Crippen molar-refractivity contribution < 1.29 is 14.4 Å². The summed E-state index contributed by atoms with van der Waals surface area (Å²) in [6.45, 7) is 1.85. The summed E-state index contributed by atoms with van der Waals surface area (Å²) >= 11 is 0. The van der Waals surface area contributed by atoms with Gasteiger partial charge in [-0.2, -0.15) is 5.26 Å². The second kappa shape index (κ2) is 7.22. The van der Waals surface area contributed by atoms with Gasteiger partial charge in [-0.15, -0.1) is 0 Å². The Morgan fingerprint density at radius 3 is 2.64 bits per heavy atom. The quantitative estimate of drug-likeness (QED) is 0.634. The van der Waals surface area contributed by atoms with Crippen molar-refractivity contribution >= 4 is 23.9 Å². The molecule has 114 valence electrons. The molecule has 0 unspecified atom stereocenters. The van der Waals surface area contributed by atoms with Gasteiger partial charge in [-0.1, -0.05) is 6.07 Å². The summed E-state index contributed by atoms with van der Waals surface area (Å²) in [5, 5.41) is 11.4. The van der Waals surface area contributed by atoms with Gasteiger partial charge in [-0.25, -0.2) is 0 Å². The van der Waals surface area contributed by atoms with Gasteiger partial charge < -0.3 is 15.1 Å². The molecule has 1 N–H and O–H groups in total. The van der Waals surface area contributed by atoms with Crippen LogP contribution in [0.2, 0.25) is 0 Å². The van der Waals surface area contributed by atoms with E-state index in [0.717, 1.165) is 6.41 Å². The Labute approximate surface area is 128 Å². The number of hydrogen-bond acceptors (Lipinski definition) is 4. The topological polar surface area (TPSA) is 93.5 Å². The minimum absolute atomic E-state index is 0.252. The van der Waals surface area contributed by atoms with Crippen LogP contribution < -0.4 is 5.32 Å². The summed E-state index contributed by atoms with van der Waals surface area (Å²) < 4.78 is 0. The molecule has 0 atom stereocenters. The van der Waals surface area contributed by atoms with Crippen LogP contribution in [0.1, 0.15) is 12.0 Å². The van der Waals surface area contributed by atoms with E-state index >= 15 is 0 Å². The van der Waals surface area contributed by atoms with Gasteiger partial charge in [0.15, 0.2) is 0 Å². The summed E-state index contributed by atoms with van der Waals surface area (Å²) in [4.78, 5) is 37.7. The first-order chi connectivity index (χ1) is 10.6. The molecule has 0 saturated carbocycles. The molecule has 0 spiro atoms. The van der Waals surface area contributed by atoms with Crippen LogP contribution in [0.15, 0.2) is 24.3 Å². The average molecular weight is 300 g/mol. The molecular weight excluding hydrogens is 284 g/mol. The van der Waals surface area contributed by atoms with Crippen LogP contribution in [0.4, 0.5) is 5.69 Å². The van der Waals surface area contributed by atoms with Crippen LogP contribution >= 0.6 is 0 Å². The van der Waals surface area contributed by atoms with Crippen molar-refractivity contribution in [3.63, 3.8) is 0 Å². The molecule has 0 aliphatic carbocycles. The molecule has 1 aliphatic heterocycles. The first-order valence-corrected chi connectivity index (χ1v) is 6.89. The van der Waals surface area contributed by atoms with E-state index in [1.165, 1.54) is 0 Å². The minimum Gasteiger partial charge on any atom is -0.342 e. The molecule has 3 amide bonds. The Balaban J connectivity index is 1.85. The van der Waals surface area contributed by atoms with E-state index in [4.69, 9.17) is 5.26 Å². The number of nitriles is 1. The number of carbonyl (C=O) groups is 3. The van der Waals surface area contributed by atoms with Gasteiger partial charge in [-0.3, -0.25) is 14.4 Å². The Morgan fingerprint density at radius 1 is 1.27 bits per heavy atom. The molecule has 1 heterocycles. The highest BCUT2D eigenvalue weighted by atomic mass is 16.2. The smallest absolute Gasteiger partial charge is 0.233 e. The van der Waals surface area contributed by atoms with E-state index in [2.05, 4.69) is 5.32 Å². The van der Waals surface area contributed by atoms with Gasteiger partial charge in [0.2, 0.25) is 18.2 Å². The third kappa shape index (κ3) is 4.06. The lowest BCUT2D eigenvalue weighted by Crippen LogP contribution is -2.48. The highest BCUT2D eigenvalue weighted by Gasteiger charge is 2.22. The second-order valence-corrected chi connectivity index (χ2v) is 4.94. The van der Waals surface area contributed by atoms with Crippen molar-refractivity contribution in [1.29, 1.82) is 5.26 Å². The average Bonchev–Trinajstić information content (AvgIpc) is 2.55. The van der Waals surface area contributed by atoms with Crippen molar-refractivity contribution in [3.05, 3.63) is 29.8 Å². The van der Waals surface area contributed by atoms with Crippen molar-refractivity contribution in [1.82, 2.24) is 9.80 Å². The number of rotatable bonds is 4. The Hall–Kier alpha value is -2.88. The summed E-state index contributed by atoms with van der Waals surface area (Å²) in [6.07, 6.45) is 0.509. The number of piperazine rings is 1. The zero-order chi connectivity index (χ0) is 15.9. The summed E-state index contributed by atoms with van der Waals surface area (Å²) in [6, 6.07) is 8.48. The van der Waals surface area contributed by atoms with E-state index in [9.17, 15) is 14.4 Å². The molecule has 1 aromatic rings. The molecule has 1 aromatic carbocycles. The Morgan fingerprint density at radius 2 is 2.00 bits per heavy atom. The Kier molecular flexibility index (Phi) is 5.09. The van der Waals surface area contributed by atoms with Crippen LogP contribution in [0.5, 0.6) is 0 Å². The summed E-state index contributed by atoms with van der Waals surface area (Å²) in [5.74, 6) is -0.683. The molecule has 0 bridgehead atoms. The normalized spacial score (nSPS) is 14.1. The molecule has 0 radical (unpaired) electrons. The number of nitrogens with zero attached hydrogens (tertiary/aromatic N) is 3. The molecule has 1 aliphatic rings. The molecule has 0 aromatic heterocycles. The van der Waals surface area contributed by atoms with Crippen LogP contribution in [0.25, 0.3) is 0 Å². The first-order valence-electron chi connectivity index (χ1n) is 6.89. The van der Waals surface area contributed by atoms with Crippen LogP contribution in [0, 0.1) is 11.3 Å². The van der Waals surface area contributed by atoms with E-state index in [-0.39, 0.29) is 12.3 Å². The van der Waals surface area contributed by atoms with Gasteiger partial charge in [0.05, 0.1) is 11.6 Å². The summed E-state index contributed by atoms with van der Waals surface area (Å²) in [7, 11) is 0. The van der Waals surface area contributed by atoms with Crippen molar-refractivity contribution in [2.75, 3.05) is 31.5 Å². The minimum atomic E-state index is -0.419. The fourth-order valence-electron chi connectivity index (χ4n) is 2.20. The third-order valence-corrected chi connectivity index (χ3v) is 3.40. The number of anilines is 1. The molecule has 22 heavy (non-hydrogen) atoms. The zero-order valence-corrected chi connectivity index (χ0v) is 12.0. The van der Waals surface area contributed by atoms with Gasteiger partial charge in [0.25, 0.3) is 0 Å². The van der Waals surface area contributed by atoms with Crippen LogP contribution in [0.3, 0.4) is 0 Å². The van der Waals surface area contributed by atoms with Gasteiger partial charge in [0, 0.05) is 31.9 Å². The number of benzene rings is 1. The monoisotopic (exact) mass is 300 g/mol. The molecule has 2 rings (SSSR count). The summed E-state index contributed by atoms with van der Waals surface area (Å²) in [5.41, 5.74) is 0.928.